The van der Waals surface area contributed by atoms with Gasteiger partial charge in [0.15, 0.2) is 16.0 Å². The smallest absolute Gasteiger partial charge is 0.261 e. The van der Waals surface area contributed by atoms with E-state index in [0.717, 1.165) is 12.0 Å². The number of hydrogen-bond acceptors (Lipinski definition) is 6. The maximum Gasteiger partial charge on any atom is 0.261 e. The summed E-state index contributed by atoms with van der Waals surface area (Å²) in [5.74, 6) is -0.0252. The lowest BCUT2D eigenvalue weighted by molar-refractivity contribution is -0.186. The third kappa shape index (κ3) is 3.06. The molecule has 2 atom stereocenters. The van der Waals surface area contributed by atoms with Crippen molar-refractivity contribution in [2.45, 2.75) is 41.7 Å². The summed E-state index contributed by atoms with van der Waals surface area (Å²) in [7, 11) is 6.53. The lowest BCUT2D eigenvalue weighted by Crippen LogP contribution is -2.76. The molecule has 146 valence electrons. The van der Waals surface area contributed by atoms with E-state index in [1.165, 1.54) is 21.6 Å². The number of fused-ring (bicyclic) bond motifs is 3. The van der Waals surface area contributed by atoms with Crippen LogP contribution in [0.4, 0.5) is 0 Å². The van der Waals surface area contributed by atoms with Crippen LogP contribution in [0.5, 0.6) is 0 Å². The molecule has 0 aliphatic carbocycles. The summed E-state index contributed by atoms with van der Waals surface area (Å²) in [4.78, 5) is 28.2. The number of hydrogen-bond donors (Lipinski definition) is 0. The maximum absolute atomic E-state index is 13.4. The zero-order valence-electron chi connectivity index (χ0n) is 15.6. The Balaban J connectivity index is 1.56. The van der Waals surface area contributed by atoms with Crippen LogP contribution in [0.1, 0.15) is 24.8 Å². The van der Waals surface area contributed by atoms with Crippen molar-refractivity contribution < 1.29 is 19.1 Å². The Bertz CT molecular complexity index is 728. The van der Waals surface area contributed by atoms with E-state index < -0.39 is 9.74 Å². The second kappa shape index (κ2) is 7.31. The molecule has 0 saturated carbocycles. The topological polar surface area (TPSA) is 59.1 Å². The number of ether oxygens (including phenoxy) is 2. The fourth-order valence-electron chi connectivity index (χ4n) is 3.89. The van der Waals surface area contributed by atoms with Gasteiger partial charge in [0.1, 0.15) is 0 Å². The fourth-order valence-corrected chi connectivity index (χ4v) is 7.75. The van der Waals surface area contributed by atoms with Crippen molar-refractivity contribution in [1.82, 2.24) is 9.80 Å². The summed E-state index contributed by atoms with van der Waals surface area (Å²) in [5.41, 5.74) is 1.05. The summed E-state index contributed by atoms with van der Waals surface area (Å²) in [5, 5.41) is 0. The first kappa shape index (κ1) is 19.1. The highest BCUT2D eigenvalue weighted by molar-refractivity contribution is 8.78. The van der Waals surface area contributed by atoms with Gasteiger partial charge in [0.25, 0.3) is 11.8 Å². The quantitative estimate of drug-likeness (QED) is 0.698. The first-order valence-electron chi connectivity index (χ1n) is 9.20. The van der Waals surface area contributed by atoms with Crippen molar-refractivity contribution in [3.63, 3.8) is 0 Å². The third-order valence-electron chi connectivity index (χ3n) is 5.58. The lowest BCUT2D eigenvalue weighted by Gasteiger charge is -2.59. The molecule has 0 radical (unpaired) electrons. The van der Waals surface area contributed by atoms with Crippen LogP contribution in [0.15, 0.2) is 30.3 Å². The van der Waals surface area contributed by atoms with Crippen molar-refractivity contribution >= 4 is 33.4 Å². The van der Waals surface area contributed by atoms with Gasteiger partial charge in [-0.25, -0.2) is 0 Å². The van der Waals surface area contributed by atoms with Crippen molar-refractivity contribution in [2.75, 3.05) is 27.3 Å². The number of carbonyl (C=O) groups excluding carboxylic acids is 2. The minimum absolute atomic E-state index is 0.0114. The predicted octanol–water partition coefficient (Wildman–Crippen LogP) is 2.49. The van der Waals surface area contributed by atoms with Gasteiger partial charge < -0.3 is 19.3 Å². The monoisotopic (exact) mass is 408 g/mol. The molecule has 4 aliphatic heterocycles. The number of piperazine rings is 1. The second-order valence-corrected chi connectivity index (χ2v) is 9.87. The normalized spacial score (nSPS) is 31.6. The number of amides is 2. The summed E-state index contributed by atoms with van der Waals surface area (Å²) >= 11 is 0. The number of nitrogens with zero attached hydrogens (tertiary/aromatic N) is 2. The molecule has 1 aromatic rings. The maximum atomic E-state index is 13.4. The minimum Gasteiger partial charge on any atom is -0.353 e. The van der Waals surface area contributed by atoms with Crippen LogP contribution in [0.3, 0.4) is 0 Å². The van der Waals surface area contributed by atoms with Gasteiger partial charge in [-0.3, -0.25) is 9.59 Å². The zero-order valence-corrected chi connectivity index (χ0v) is 17.2. The molecular formula is C19H24N2O4S2. The highest BCUT2D eigenvalue weighted by atomic mass is 33.1. The Morgan fingerprint density at radius 2 is 1.59 bits per heavy atom. The highest BCUT2D eigenvalue weighted by Crippen LogP contribution is 2.60. The van der Waals surface area contributed by atoms with Gasteiger partial charge in [-0.1, -0.05) is 51.9 Å². The van der Waals surface area contributed by atoms with E-state index in [-0.39, 0.29) is 18.1 Å². The Morgan fingerprint density at radius 1 is 1.00 bits per heavy atom. The van der Waals surface area contributed by atoms with E-state index in [1.807, 2.05) is 30.3 Å². The van der Waals surface area contributed by atoms with Crippen molar-refractivity contribution in [3.05, 3.63) is 35.9 Å². The molecule has 1 aromatic carbocycles. The third-order valence-corrected chi connectivity index (χ3v) is 9.36. The van der Waals surface area contributed by atoms with Crippen LogP contribution < -0.4 is 0 Å². The fraction of sp³-hybridized carbons (Fsp3) is 0.579. The van der Waals surface area contributed by atoms with Crippen LogP contribution in [-0.2, 0) is 25.5 Å². The average molecular weight is 409 g/mol. The van der Waals surface area contributed by atoms with Crippen LogP contribution in [0.25, 0.3) is 0 Å². The molecule has 2 unspecified atom stereocenters. The lowest BCUT2D eigenvalue weighted by atomic mass is 9.95. The predicted molar refractivity (Wildman–Crippen MR) is 106 cm³/mol. The van der Waals surface area contributed by atoms with Crippen LogP contribution in [0, 0.1) is 0 Å². The van der Waals surface area contributed by atoms with Crippen molar-refractivity contribution in [2.24, 2.45) is 0 Å². The summed E-state index contributed by atoms with van der Waals surface area (Å²) in [6.45, 7) is 1.37. The molecule has 4 saturated heterocycles. The molecule has 4 heterocycles. The SMILES string of the molecule is CN1C(=O)C2(Cc3ccccc3)SSC1(CCC1OCCCO1)C(=O)N2C. The molecule has 27 heavy (non-hydrogen) atoms. The molecule has 0 aromatic heterocycles. The molecule has 8 heteroatoms. The minimum atomic E-state index is -0.891. The van der Waals surface area contributed by atoms with E-state index in [9.17, 15) is 9.59 Å². The molecule has 0 spiro atoms. The molecule has 2 bridgehead atoms. The van der Waals surface area contributed by atoms with E-state index >= 15 is 0 Å². The van der Waals surface area contributed by atoms with E-state index in [2.05, 4.69) is 0 Å². The van der Waals surface area contributed by atoms with Gasteiger partial charge in [0.05, 0.1) is 13.2 Å². The van der Waals surface area contributed by atoms with Crippen LogP contribution in [0.2, 0.25) is 0 Å². The van der Waals surface area contributed by atoms with Gasteiger partial charge in [0.2, 0.25) is 0 Å². The highest BCUT2D eigenvalue weighted by Gasteiger charge is 2.67. The van der Waals surface area contributed by atoms with E-state index in [0.29, 0.717) is 32.5 Å². The first-order valence-corrected chi connectivity index (χ1v) is 11.4. The van der Waals surface area contributed by atoms with E-state index in [1.54, 1.807) is 23.9 Å². The molecule has 4 fully saturated rings. The molecular weight excluding hydrogens is 384 g/mol. The van der Waals surface area contributed by atoms with Gasteiger partial charge in [0, 0.05) is 26.9 Å². The van der Waals surface area contributed by atoms with Crippen LogP contribution >= 0.6 is 21.6 Å². The number of carbonyl (C=O) groups is 2. The molecule has 2 amide bonds. The zero-order chi connectivity index (χ0) is 19.1. The number of likely N-dealkylation sites (N-methyl/N-ethyl adjacent to an activating group) is 2. The largest absolute Gasteiger partial charge is 0.353 e. The molecule has 5 rings (SSSR count). The van der Waals surface area contributed by atoms with E-state index in [4.69, 9.17) is 9.47 Å². The Labute approximate surface area is 167 Å². The average Bonchev–Trinajstić information content (AvgIpc) is 2.71. The standard InChI is InChI=1S/C19H24N2O4S2/c1-20-17(23)19(13-14-7-4-3-5-8-14)21(2)16(22)18(20,26-27-19)10-9-15-24-11-6-12-25-15/h3-5,7-8,15H,6,9-13H2,1-2H3. The second-order valence-electron chi connectivity index (χ2n) is 7.19. The first-order chi connectivity index (χ1) is 13.0. The Hall–Kier alpha value is -1.22. The Kier molecular flexibility index (Phi) is 5.18. The van der Waals surface area contributed by atoms with Crippen molar-refractivity contribution in [1.29, 1.82) is 0 Å². The van der Waals surface area contributed by atoms with Gasteiger partial charge in [-0.2, -0.15) is 0 Å². The van der Waals surface area contributed by atoms with Gasteiger partial charge in [-0.15, -0.1) is 0 Å². The number of rotatable bonds is 5. The Morgan fingerprint density at radius 3 is 2.30 bits per heavy atom. The molecule has 0 N–H and O–H groups in total. The summed E-state index contributed by atoms with van der Waals surface area (Å²) in [6.07, 6.45) is 2.22. The van der Waals surface area contributed by atoms with Crippen LogP contribution in [-0.4, -0.2) is 65.0 Å². The summed E-state index contributed by atoms with van der Waals surface area (Å²) < 4.78 is 11.3. The van der Waals surface area contributed by atoms with Gasteiger partial charge >= 0.3 is 0 Å². The van der Waals surface area contributed by atoms with Gasteiger partial charge in [-0.05, 0) is 18.4 Å². The molecule has 6 nitrogen and oxygen atoms in total. The summed E-state index contributed by atoms with van der Waals surface area (Å²) in [6, 6.07) is 9.87. The molecule has 4 aliphatic rings. The van der Waals surface area contributed by atoms with Crippen molar-refractivity contribution in [3.8, 4) is 0 Å². The number of benzene rings is 1.